The predicted molar refractivity (Wildman–Crippen MR) is 302 cm³/mol. The molecule has 0 saturated heterocycles. The van der Waals surface area contributed by atoms with E-state index >= 15 is 0 Å². The summed E-state index contributed by atoms with van der Waals surface area (Å²) in [4.78, 5) is 2.61. The van der Waals surface area contributed by atoms with E-state index in [1.165, 1.54) is 92.9 Å². The van der Waals surface area contributed by atoms with Crippen molar-refractivity contribution in [2.75, 3.05) is 10.2 Å². The molecule has 10 aromatic rings. The molecule has 0 amide bonds. The fourth-order valence-corrected chi connectivity index (χ4v) is 13.7. The third kappa shape index (κ3) is 6.60. The van der Waals surface area contributed by atoms with Gasteiger partial charge < -0.3 is 14.6 Å². The number of aryl methyl sites for hydroxylation is 1. The van der Waals surface area contributed by atoms with Crippen LogP contribution < -0.4 is 21.3 Å². The minimum absolute atomic E-state index is 0.0191. The molecule has 3 heterocycles. The molecule has 1 N–H and O–H groups in total. The van der Waals surface area contributed by atoms with Crippen LogP contribution in [0.1, 0.15) is 109 Å². The summed E-state index contributed by atoms with van der Waals surface area (Å²) in [5, 5.41) is 10.2. The highest BCUT2D eigenvalue weighted by molar-refractivity contribution is 7.26. The maximum absolute atomic E-state index is 7.34. The van der Waals surface area contributed by atoms with Crippen LogP contribution in [-0.2, 0) is 21.7 Å². The first-order chi connectivity index (χ1) is 33.6. The first kappa shape index (κ1) is 43.5. The molecule has 5 heteroatoms. The van der Waals surface area contributed by atoms with Gasteiger partial charge in [-0.15, -0.1) is 11.3 Å². The molecule has 13 rings (SSSR count). The number of nitrogens with one attached hydrogen (secondary N) is 1. The van der Waals surface area contributed by atoms with Crippen molar-refractivity contribution in [2.24, 2.45) is 0 Å². The Morgan fingerprint density at radius 2 is 1.16 bits per heavy atom. The lowest BCUT2D eigenvalue weighted by molar-refractivity contribution is 0.332. The van der Waals surface area contributed by atoms with Crippen LogP contribution in [0.4, 0.5) is 28.4 Å². The molecule has 2 aliphatic carbocycles. The molecule has 0 unspecified atom stereocenters. The zero-order valence-electron chi connectivity index (χ0n) is 42.0. The number of furan rings is 1. The standard InChI is InChI=1S/C65H60BN2OS/c1-38-32-46-48(64(6,7)30-28-62(46,2)3)36-52(38)68-53-34-41(39-18-11-10-12-19-39)33-45(59(53)66-61-60(68)44-35-47-49(37-54(44)69-61)65(8,9)31-29-63(47,4)5)57-42-21-14-13-20-40(42)26-27-51(57)67-50-23-17-25-56-58(50)43-22-15-16-24-55(43)70-56/h10-27,32-37,67H,28-31H2,1-9H3. The maximum atomic E-state index is 7.34. The molecule has 0 spiro atoms. The molecule has 2 aromatic heterocycles. The Kier molecular flexibility index (Phi) is 9.45. The highest BCUT2D eigenvalue weighted by Gasteiger charge is 2.42. The SMILES string of the molecule is Cc1cc2c(cc1N1c3cc(-c4ccccc4)cc(-c4c(Nc5cccc6sc7ccccc7c56)ccc5ccccc45)c3[B]c3oc4cc5c(cc4c31)C(C)(C)CCC5(C)C)C(C)(C)CCC2(C)C. The number of thiophene rings is 1. The molecule has 345 valence electrons. The Labute approximate surface area is 417 Å². The van der Waals surface area contributed by atoms with E-state index in [-0.39, 0.29) is 21.7 Å². The normalized spacial score (nSPS) is 17.2. The number of fused-ring (bicyclic) bond motifs is 10. The van der Waals surface area contributed by atoms with Gasteiger partial charge in [0, 0.05) is 53.9 Å². The van der Waals surface area contributed by atoms with Crippen LogP contribution >= 0.6 is 11.3 Å². The molecule has 0 bridgehead atoms. The van der Waals surface area contributed by atoms with Crippen molar-refractivity contribution < 1.29 is 4.42 Å². The zero-order chi connectivity index (χ0) is 48.1. The van der Waals surface area contributed by atoms with Crippen LogP contribution in [0.15, 0.2) is 150 Å². The van der Waals surface area contributed by atoms with E-state index in [0.717, 1.165) is 64.3 Å². The molecule has 3 nitrogen and oxygen atoms in total. The number of hydrogen-bond donors (Lipinski definition) is 1. The van der Waals surface area contributed by atoms with Gasteiger partial charge in [0.15, 0.2) is 0 Å². The summed E-state index contributed by atoms with van der Waals surface area (Å²) in [6.07, 6.45) is 4.61. The summed E-state index contributed by atoms with van der Waals surface area (Å²) in [6.45, 7) is 21.8. The first-order valence-corrected chi connectivity index (χ1v) is 26.2. The quantitative estimate of drug-likeness (QED) is 0.174. The van der Waals surface area contributed by atoms with E-state index in [1.54, 1.807) is 0 Å². The van der Waals surface area contributed by atoms with Gasteiger partial charge in [-0.05, 0) is 170 Å². The summed E-state index contributed by atoms with van der Waals surface area (Å²) in [6, 6.07) is 54.9. The number of hydrogen-bond acceptors (Lipinski definition) is 4. The smallest absolute Gasteiger partial charge is 0.247 e. The average molecular weight is 928 g/mol. The minimum Gasteiger partial charge on any atom is -0.469 e. The molecule has 1 radical (unpaired) electrons. The van der Waals surface area contributed by atoms with Crippen molar-refractivity contribution in [1.82, 2.24) is 0 Å². The zero-order valence-corrected chi connectivity index (χ0v) is 42.8. The van der Waals surface area contributed by atoms with Gasteiger partial charge in [-0.25, -0.2) is 0 Å². The first-order valence-electron chi connectivity index (χ1n) is 25.4. The second-order valence-electron chi connectivity index (χ2n) is 23.3. The van der Waals surface area contributed by atoms with Gasteiger partial charge in [-0.1, -0.05) is 146 Å². The maximum Gasteiger partial charge on any atom is 0.247 e. The Balaban J connectivity index is 1.13. The van der Waals surface area contributed by atoms with Gasteiger partial charge in [0.1, 0.15) is 5.58 Å². The lowest BCUT2D eigenvalue weighted by Crippen LogP contribution is -2.40. The largest absolute Gasteiger partial charge is 0.469 e. The summed E-state index contributed by atoms with van der Waals surface area (Å²) < 4.78 is 9.91. The van der Waals surface area contributed by atoms with Gasteiger partial charge in [0.2, 0.25) is 7.28 Å². The van der Waals surface area contributed by atoms with Crippen LogP contribution in [0.5, 0.6) is 0 Å². The third-order valence-corrected chi connectivity index (χ3v) is 18.1. The van der Waals surface area contributed by atoms with E-state index < -0.39 is 0 Å². The van der Waals surface area contributed by atoms with E-state index in [1.807, 2.05) is 11.3 Å². The summed E-state index contributed by atoms with van der Waals surface area (Å²) in [5.41, 5.74) is 20.6. The molecule has 3 aliphatic rings. The average Bonchev–Trinajstić information content (AvgIpc) is 3.92. The number of anilines is 5. The van der Waals surface area contributed by atoms with Crippen LogP contribution in [0.3, 0.4) is 0 Å². The van der Waals surface area contributed by atoms with E-state index in [4.69, 9.17) is 4.42 Å². The highest BCUT2D eigenvalue weighted by Crippen LogP contribution is 2.54. The van der Waals surface area contributed by atoms with E-state index in [2.05, 4.69) is 225 Å². The molecular weight excluding hydrogens is 868 g/mol. The second-order valence-corrected chi connectivity index (χ2v) is 24.4. The summed E-state index contributed by atoms with van der Waals surface area (Å²) in [5.74, 6) is 0. The summed E-state index contributed by atoms with van der Waals surface area (Å²) in [7, 11) is 2.37. The third-order valence-electron chi connectivity index (χ3n) is 16.9. The molecule has 0 saturated carbocycles. The van der Waals surface area contributed by atoms with Crippen LogP contribution in [0.25, 0.3) is 64.2 Å². The van der Waals surface area contributed by atoms with Crippen molar-refractivity contribution in [3.8, 4) is 22.3 Å². The van der Waals surface area contributed by atoms with Crippen molar-refractivity contribution in [3.05, 3.63) is 173 Å². The van der Waals surface area contributed by atoms with Crippen LogP contribution in [0.2, 0.25) is 0 Å². The van der Waals surface area contributed by atoms with Gasteiger partial charge in [-0.2, -0.15) is 0 Å². The monoisotopic (exact) mass is 927 g/mol. The fraction of sp³-hybridized carbons (Fsp3) is 0.262. The number of rotatable bonds is 5. The van der Waals surface area contributed by atoms with Gasteiger partial charge >= 0.3 is 0 Å². The second kappa shape index (κ2) is 15.2. The lowest BCUT2D eigenvalue weighted by Gasteiger charge is -2.43. The molecule has 70 heavy (non-hydrogen) atoms. The molecule has 8 aromatic carbocycles. The molecule has 0 fully saturated rings. The number of benzene rings is 8. The molecular formula is C65H60BN2OS. The van der Waals surface area contributed by atoms with Gasteiger partial charge in [0.25, 0.3) is 0 Å². The van der Waals surface area contributed by atoms with Crippen molar-refractivity contribution in [2.45, 2.75) is 110 Å². The fourth-order valence-electron chi connectivity index (χ4n) is 12.6. The van der Waals surface area contributed by atoms with Crippen LogP contribution in [0, 0.1) is 6.92 Å². The molecule has 1 aliphatic heterocycles. The Hall–Kier alpha value is -6.56. The van der Waals surface area contributed by atoms with E-state index in [0.29, 0.717) is 0 Å². The van der Waals surface area contributed by atoms with Crippen molar-refractivity contribution in [3.63, 3.8) is 0 Å². The number of nitrogens with zero attached hydrogens (tertiary/aromatic N) is 1. The van der Waals surface area contributed by atoms with Gasteiger partial charge in [-0.3, -0.25) is 0 Å². The molecule has 0 atom stereocenters. The lowest BCUT2D eigenvalue weighted by atomic mass is 9.60. The van der Waals surface area contributed by atoms with E-state index in [9.17, 15) is 0 Å². The van der Waals surface area contributed by atoms with Crippen molar-refractivity contribution in [1.29, 1.82) is 0 Å². The van der Waals surface area contributed by atoms with Gasteiger partial charge in [0.05, 0.1) is 11.3 Å². The van der Waals surface area contributed by atoms with Crippen molar-refractivity contribution >= 4 is 100 Å². The Morgan fingerprint density at radius 3 is 1.90 bits per heavy atom. The Bertz CT molecular complexity index is 3810. The topological polar surface area (TPSA) is 28.4 Å². The Morgan fingerprint density at radius 1 is 0.529 bits per heavy atom. The summed E-state index contributed by atoms with van der Waals surface area (Å²) >= 11 is 1.86. The predicted octanol–water partition coefficient (Wildman–Crippen LogP) is 17.5. The van der Waals surface area contributed by atoms with Crippen LogP contribution in [-0.4, -0.2) is 7.28 Å². The highest BCUT2D eigenvalue weighted by atomic mass is 32.1. The minimum atomic E-state index is 0.0191.